The Morgan fingerprint density at radius 2 is 1.74 bits per heavy atom. The fourth-order valence-corrected chi connectivity index (χ4v) is 4.27. The second-order valence-corrected chi connectivity index (χ2v) is 8.12. The van der Waals surface area contributed by atoms with Crippen molar-refractivity contribution in [1.82, 2.24) is 19.9 Å². The van der Waals surface area contributed by atoms with Gasteiger partial charge in [-0.2, -0.15) is 0 Å². The van der Waals surface area contributed by atoms with E-state index >= 15 is 0 Å². The van der Waals surface area contributed by atoms with Gasteiger partial charge in [-0.15, -0.1) is 0 Å². The summed E-state index contributed by atoms with van der Waals surface area (Å²) in [4.78, 5) is 34.8. The van der Waals surface area contributed by atoms with Gasteiger partial charge in [-0.1, -0.05) is 48.2 Å². The summed E-state index contributed by atoms with van der Waals surface area (Å²) >= 11 is 1.25. The molecule has 0 aliphatic rings. The smallest absolute Gasteiger partial charge is 0.266 e. The predicted molar refractivity (Wildman–Crippen MR) is 124 cm³/mol. The molecule has 0 spiro atoms. The molecule has 7 heteroatoms. The molecule has 2 aromatic heterocycles. The van der Waals surface area contributed by atoms with Gasteiger partial charge in [0.2, 0.25) is 5.91 Å². The minimum absolute atomic E-state index is 0.139. The Morgan fingerprint density at radius 1 is 1.00 bits per heavy atom. The number of nitrogens with zero attached hydrogens (tertiary/aromatic N) is 3. The molecule has 4 aromatic rings. The molecule has 31 heavy (non-hydrogen) atoms. The topological polar surface area (TPSA) is 76.9 Å². The molecule has 0 aliphatic heterocycles. The number of carbonyl (C=O) groups is 1. The van der Waals surface area contributed by atoms with Gasteiger partial charge in [0, 0.05) is 6.20 Å². The first-order valence-corrected chi connectivity index (χ1v) is 10.9. The molecule has 156 valence electrons. The summed E-state index contributed by atoms with van der Waals surface area (Å²) in [7, 11) is 0. The first-order valence-electron chi connectivity index (χ1n) is 9.92. The summed E-state index contributed by atoms with van der Waals surface area (Å²) in [6, 6.07) is 18.8. The Morgan fingerprint density at radius 3 is 2.48 bits per heavy atom. The Labute approximate surface area is 184 Å². The average molecular weight is 431 g/mol. The van der Waals surface area contributed by atoms with Crippen LogP contribution >= 0.6 is 11.8 Å². The zero-order chi connectivity index (χ0) is 21.8. The van der Waals surface area contributed by atoms with E-state index in [0.717, 1.165) is 22.5 Å². The molecule has 4 rings (SSSR count). The molecule has 0 saturated carbocycles. The summed E-state index contributed by atoms with van der Waals surface area (Å²) in [6.45, 7) is 4.30. The molecule has 1 N–H and O–H groups in total. The van der Waals surface area contributed by atoms with Crippen LogP contribution in [-0.4, -0.2) is 26.2 Å². The van der Waals surface area contributed by atoms with Crippen LogP contribution in [0.2, 0.25) is 0 Å². The highest BCUT2D eigenvalue weighted by atomic mass is 32.2. The van der Waals surface area contributed by atoms with Crippen molar-refractivity contribution in [2.75, 3.05) is 5.75 Å². The molecule has 6 nitrogen and oxygen atoms in total. The number of aromatic nitrogens is 3. The van der Waals surface area contributed by atoms with Crippen LogP contribution < -0.4 is 10.9 Å². The van der Waals surface area contributed by atoms with Gasteiger partial charge in [0.15, 0.2) is 5.16 Å². The highest BCUT2D eigenvalue weighted by Gasteiger charge is 2.17. The molecule has 1 amide bonds. The standard InChI is InChI=1S/C24H22N4O2S/c1-16-8-7-9-17(2)22(16)28-23(30)19-11-3-4-12-20(19)27-24(28)31-15-21(29)26-14-18-10-5-6-13-25-18/h3-13H,14-15H2,1-2H3,(H,26,29). The van der Waals surface area contributed by atoms with Gasteiger partial charge < -0.3 is 5.32 Å². The first-order chi connectivity index (χ1) is 15.0. The number of carbonyl (C=O) groups excluding carboxylic acids is 1. The number of aryl methyl sites for hydroxylation is 2. The van der Waals surface area contributed by atoms with Crippen molar-refractivity contribution in [2.45, 2.75) is 25.5 Å². The average Bonchev–Trinajstić information content (AvgIpc) is 2.78. The number of rotatable bonds is 6. The Balaban J connectivity index is 1.66. The maximum atomic E-state index is 13.4. The van der Waals surface area contributed by atoms with E-state index in [1.54, 1.807) is 16.8 Å². The lowest BCUT2D eigenvalue weighted by Gasteiger charge is -2.17. The van der Waals surface area contributed by atoms with Crippen molar-refractivity contribution < 1.29 is 4.79 Å². The number of thioether (sulfide) groups is 1. The van der Waals surface area contributed by atoms with Crippen LogP contribution in [0.3, 0.4) is 0 Å². The fraction of sp³-hybridized carbons (Fsp3) is 0.167. The van der Waals surface area contributed by atoms with Gasteiger partial charge in [-0.3, -0.25) is 19.1 Å². The second kappa shape index (κ2) is 9.14. The van der Waals surface area contributed by atoms with E-state index in [1.165, 1.54) is 11.8 Å². The molecule has 0 bridgehead atoms. The number of benzene rings is 2. The minimum Gasteiger partial charge on any atom is -0.350 e. The molecule has 2 heterocycles. The third kappa shape index (κ3) is 4.51. The van der Waals surface area contributed by atoms with Gasteiger partial charge in [0.25, 0.3) is 5.56 Å². The molecule has 2 aromatic carbocycles. The molecular formula is C24H22N4O2S. The van der Waals surface area contributed by atoms with Crippen LogP contribution in [-0.2, 0) is 11.3 Å². The highest BCUT2D eigenvalue weighted by Crippen LogP contribution is 2.25. The van der Waals surface area contributed by atoms with Crippen molar-refractivity contribution in [1.29, 1.82) is 0 Å². The number of fused-ring (bicyclic) bond motifs is 1. The molecule has 0 atom stereocenters. The third-order valence-corrected chi connectivity index (χ3v) is 5.87. The van der Waals surface area contributed by atoms with Gasteiger partial charge >= 0.3 is 0 Å². The van der Waals surface area contributed by atoms with Gasteiger partial charge in [0.05, 0.1) is 34.6 Å². The quantitative estimate of drug-likeness (QED) is 0.372. The van der Waals surface area contributed by atoms with E-state index in [9.17, 15) is 9.59 Å². The lowest BCUT2D eigenvalue weighted by molar-refractivity contribution is -0.118. The number of pyridine rings is 1. The molecule has 0 aliphatic carbocycles. The Bertz CT molecular complexity index is 1280. The van der Waals surface area contributed by atoms with Crippen LogP contribution in [0, 0.1) is 13.8 Å². The van der Waals surface area contributed by atoms with Crippen LogP contribution in [0.15, 0.2) is 76.8 Å². The van der Waals surface area contributed by atoms with E-state index in [4.69, 9.17) is 4.98 Å². The zero-order valence-electron chi connectivity index (χ0n) is 17.3. The Kier molecular flexibility index (Phi) is 6.13. The van der Waals surface area contributed by atoms with Crippen LogP contribution in [0.1, 0.15) is 16.8 Å². The maximum Gasteiger partial charge on any atom is 0.266 e. The lowest BCUT2D eigenvalue weighted by atomic mass is 10.1. The summed E-state index contributed by atoms with van der Waals surface area (Å²) < 4.78 is 1.63. The minimum atomic E-state index is -0.147. The van der Waals surface area contributed by atoms with E-state index < -0.39 is 0 Å². The predicted octanol–water partition coefficient (Wildman–Crippen LogP) is 3.81. The maximum absolute atomic E-state index is 13.4. The van der Waals surface area contributed by atoms with Crippen LogP contribution in [0.5, 0.6) is 0 Å². The SMILES string of the molecule is Cc1cccc(C)c1-n1c(SCC(=O)NCc2ccccn2)nc2ccccc2c1=O. The van der Waals surface area contributed by atoms with Crippen LogP contribution in [0.25, 0.3) is 16.6 Å². The lowest BCUT2D eigenvalue weighted by Crippen LogP contribution is -2.27. The Hall–Kier alpha value is -3.45. The van der Waals surface area contributed by atoms with Gasteiger partial charge in [-0.25, -0.2) is 4.98 Å². The van der Waals surface area contributed by atoms with Gasteiger partial charge in [-0.05, 0) is 49.2 Å². The molecule has 0 unspecified atom stereocenters. The van der Waals surface area contributed by atoms with Crippen molar-refractivity contribution in [2.24, 2.45) is 0 Å². The van der Waals surface area contributed by atoms with Gasteiger partial charge in [0.1, 0.15) is 0 Å². The van der Waals surface area contributed by atoms with Crippen LogP contribution in [0.4, 0.5) is 0 Å². The summed E-state index contributed by atoms with van der Waals surface area (Å²) in [5.41, 5.74) is 4.02. The van der Waals surface area contributed by atoms with Crippen molar-refractivity contribution in [3.05, 3.63) is 94.0 Å². The van der Waals surface area contributed by atoms with Crippen molar-refractivity contribution >= 4 is 28.6 Å². The molecular weight excluding hydrogens is 408 g/mol. The van der Waals surface area contributed by atoms with E-state index in [0.29, 0.717) is 22.6 Å². The summed E-state index contributed by atoms with van der Waals surface area (Å²) in [6.07, 6.45) is 1.69. The summed E-state index contributed by atoms with van der Waals surface area (Å²) in [5.74, 6) is -0.00570. The second-order valence-electron chi connectivity index (χ2n) is 7.18. The van der Waals surface area contributed by atoms with Crippen molar-refractivity contribution in [3.63, 3.8) is 0 Å². The molecule has 0 radical (unpaired) electrons. The molecule has 0 fully saturated rings. The fourth-order valence-electron chi connectivity index (χ4n) is 3.44. The number of nitrogens with one attached hydrogen (secondary N) is 1. The van der Waals surface area contributed by atoms with E-state index in [-0.39, 0.29) is 17.2 Å². The van der Waals surface area contributed by atoms with Crippen molar-refractivity contribution in [3.8, 4) is 5.69 Å². The largest absolute Gasteiger partial charge is 0.350 e. The number of hydrogen-bond acceptors (Lipinski definition) is 5. The number of amides is 1. The summed E-state index contributed by atoms with van der Waals surface area (Å²) in [5, 5.41) is 3.91. The normalized spacial score (nSPS) is 10.9. The first kappa shape index (κ1) is 20.8. The number of para-hydroxylation sites is 2. The monoisotopic (exact) mass is 430 g/mol. The zero-order valence-corrected chi connectivity index (χ0v) is 18.1. The molecule has 0 saturated heterocycles. The van der Waals surface area contributed by atoms with E-state index in [1.807, 2.05) is 68.4 Å². The third-order valence-electron chi connectivity index (χ3n) is 4.93. The highest BCUT2D eigenvalue weighted by molar-refractivity contribution is 7.99. The number of hydrogen-bond donors (Lipinski definition) is 1. The van der Waals surface area contributed by atoms with E-state index in [2.05, 4.69) is 10.3 Å².